The minimum Gasteiger partial charge on any atom is -0.492 e. The van der Waals surface area contributed by atoms with Crippen molar-refractivity contribution in [1.82, 2.24) is 0 Å². The zero-order valence-electron chi connectivity index (χ0n) is 12.5. The van der Waals surface area contributed by atoms with Gasteiger partial charge in [-0.15, -0.1) is 0 Å². The van der Waals surface area contributed by atoms with Crippen LogP contribution >= 0.6 is 11.6 Å². The molecule has 0 saturated heterocycles. The summed E-state index contributed by atoms with van der Waals surface area (Å²) in [5, 5.41) is 0.676. The van der Waals surface area contributed by atoms with Gasteiger partial charge in [-0.2, -0.15) is 0 Å². The summed E-state index contributed by atoms with van der Waals surface area (Å²) < 4.78 is 5.90. The number of halogens is 1. The molecule has 19 heavy (non-hydrogen) atoms. The van der Waals surface area contributed by atoms with Crippen molar-refractivity contribution in [2.24, 2.45) is 11.1 Å². The van der Waals surface area contributed by atoms with Gasteiger partial charge in [-0.1, -0.05) is 51.4 Å². The molecule has 0 saturated carbocycles. The van der Waals surface area contributed by atoms with Crippen molar-refractivity contribution in [3.63, 3.8) is 0 Å². The molecule has 2 nitrogen and oxygen atoms in total. The third-order valence-electron chi connectivity index (χ3n) is 3.15. The Morgan fingerprint density at radius 1 is 1.32 bits per heavy atom. The van der Waals surface area contributed by atoms with Gasteiger partial charge in [-0.05, 0) is 36.3 Å². The molecule has 1 aromatic carbocycles. The minimum absolute atomic E-state index is 0.156. The first-order chi connectivity index (χ1) is 8.83. The molecule has 0 radical (unpaired) electrons. The van der Waals surface area contributed by atoms with Gasteiger partial charge in [0.25, 0.3) is 0 Å². The van der Waals surface area contributed by atoms with Crippen LogP contribution in [0.3, 0.4) is 0 Å². The minimum atomic E-state index is 0.156. The number of para-hydroxylation sites is 1. The van der Waals surface area contributed by atoms with E-state index in [0.29, 0.717) is 11.6 Å². The van der Waals surface area contributed by atoms with E-state index in [9.17, 15) is 0 Å². The van der Waals surface area contributed by atoms with Crippen molar-refractivity contribution in [2.45, 2.75) is 53.0 Å². The summed E-state index contributed by atoms with van der Waals surface area (Å²) >= 11 is 6.24. The quantitative estimate of drug-likeness (QED) is 0.838. The molecule has 2 N–H and O–H groups in total. The van der Waals surface area contributed by atoms with Crippen LogP contribution in [0.15, 0.2) is 18.2 Å². The number of rotatable bonds is 6. The van der Waals surface area contributed by atoms with Crippen molar-refractivity contribution in [1.29, 1.82) is 0 Å². The molecule has 0 bridgehead atoms. The smallest absolute Gasteiger partial charge is 0.141 e. The van der Waals surface area contributed by atoms with Crippen LogP contribution in [0.4, 0.5) is 0 Å². The molecule has 1 atom stereocenters. The fourth-order valence-corrected chi connectivity index (χ4v) is 2.01. The lowest BCUT2D eigenvalue weighted by Crippen LogP contribution is -2.22. The highest BCUT2D eigenvalue weighted by Crippen LogP contribution is 2.30. The largest absolute Gasteiger partial charge is 0.492 e. The first-order valence-electron chi connectivity index (χ1n) is 6.99. The van der Waals surface area contributed by atoms with Gasteiger partial charge < -0.3 is 10.5 Å². The lowest BCUT2D eigenvalue weighted by molar-refractivity contribution is 0.241. The van der Waals surface area contributed by atoms with Crippen LogP contribution in [0, 0.1) is 5.41 Å². The van der Waals surface area contributed by atoms with E-state index in [1.165, 1.54) is 0 Å². The lowest BCUT2D eigenvalue weighted by Gasteiger charge is -2.20. The summed E-state index contributed by atoms with van der Waals surface area (Å²) in [5.74, 6) is 0.803. The molecule has 0 aliphatic carbocycles. The SMILES string of the molecule is CCC(N)Cc1cccc(Cl)c1OCCC(C)(C)C. The molecule has 1 rings (SSSR count). The molecule has 0 heterocycles. The van der Waals surface area contributed by atoms with E-state index >= 15 is 0 Å². The maximum absolute atomic E-state index is 6.24. The molecule has 108 valence electrons. The van der Waals surface area contributed by atoms with E-state index in [1.807, 2.05) is 18.2 Å². The maximum Gasteiger partial charge on any atom is 0.141 e. The van der Waals surface area contributed by atoms with E-state index in [0.717, 1.165) is 30.6 Å². The Hall–Kier alpha value is -0.730. The highest BCUT2D eigenvalue weighted by Gasteiger charge is 2.14. The molecule has 0 spiro atoms. The molecule has 1 aromatic rings. The summed E-state index contributed by atoms with van der Waals surface area (Å²) in [6.07, 6.45) is 2.76. The van der Waals surface area contributed by atoms with Gasteiger partial charge in [-0.3, -0.25) is 0 Å². The van der Waals surface area contributed by atoms with Crippen LogP contribution in [0.1, 0.15) is 46.1 Å². The molecule has 0 aromatic heterocycles. The fourth-order valence-electron chi connectivity index (χ4n) is 1.76. The predicted molar refractivity (Wildman–Crippen MR) is 83.0 cm³/mol. The normalized spacial score (nSPS) is 13.4. The lowest BCUT2D eigenvalue weighted by atomic mass is 9.93. The zero-order valence-corrected chi connectivity index (χ0v) is 13.3. The van der Waals surface area contributed by atoms with Crippen LogP contribution in [-0.4, -0.2) is 12.6 Å². The van der Waals surface area contributed by atoms with Crippen LogP contribution in [0.2, 0.25) is 5.02 Å². The third-order valence-corrected chi connectivity index (χ3v) is 3.45. The highest BCUT2D eigenvalue weighted by atomic mass is 35.5. The van der Waals surface area contributed by atoms with E-state index in [4.69, 9.17) is 22.1 Å². The third kappa shape index (κ3) is 5.84. The Kier molecular flexibility index (Phi) is 6.15. The number of hydrogen-bond acceptors (Lipinski definition) is 2. The summed E-state index contributed by atoms with van der Waals surface area (Å²) in [6.45, 7) is 9.39. The monoisotopic (exact) mass is 283 g/mol. The molecule has 0 amide bonds. The van der Waals surface area contributed by atoms with Gasteiger partial charge in [0.15, 0.2) is 0 Å². The van der Waals surface area contributed by atoms with Crippen molar-refractivity contribution in [3.05, 3.63) is 28.8 Å². The standard InChI is InChI=1S/C16H26ClNO/c1-5-13(18)11-12-7-6-8-14(17)15(12)19-10-9-16(2,3)4/h6-8,13H,5,9-11,18H2,1-4H3. The molecular formula is C16H26ClNO. The zero-order chi connectivity index (χ0) is 14.5. The maximum atomic E-state index is 6.24. The topological polar surface area (TPSA) is 35.2 Å². The van der Waals surface area contributed by atoms with Gasteiger partial charge in [0.1, 0.15) is 5.75 Å². The fraction of sp³-hybridized carbons (Fsp3) is 0.625. The Labute approximate surface area is 122 Å². The second-order valence-corrected chi connectivity index (χ2v) is 6.67. The van der Waals surface area contributed by atoms with Crippen LogP contribution in [0.5, 0.6) is 5.75 Å². The second-order valence-electron chi connectivity index (χ2n) is 6.26. The molecule has 0 fully saturated rings. The first-order valence-corrected chi connectivity index (χ1v) is 7.37. The summed E-state index contributed by atoms with van der Waals surface area (Å²) in [7, 11) is 0. The Morgan fingerprint density at radius 3 is 2.58 bits per heavy atom. The molecule has 0 aliphatic rings. The molecule has 0 aliphatic heterocycles. The highest BCUT2D eigenvalue weighted by molar-refractivity contribution is 6.32. The summed E-state index contributed by atoms with van der Waals surface area (Å²) in [5.41, 5.74) is 7.40. The number of hydrogen-bond donors (Lipinski definition) is 1. The van der Waals surface area contributed by atoms with Crippen molar-refractivity contribution >= 4 is 11.6 Å². The summed E-state index contributed by atoms with van der Waals surface area (Å²) in [4.78, 5) is 0. The predicted octanol–water partition coefficient (Wildman–Crippen LogP) is 4.43. The Bertz CT molecular complexity index is 398. The molecular weight excluding hydrogens is 258 g/mol. The van der Waals surface area contributed by atoms with Crippen LogP contribution < -0.4 is 10.5 Å². The van der Waals surface area contributed by atoms with E-state index in [1.54, 1.807) is 0 Å². The molecule has 3 heteroatoms. The van der Waals surface area contributed by atoms with Gasteiger partial charge in [0, 0.05) is 6.04 Å². The van der Waals surface area contributed by atoms with E-state index in [2.05, 4.69) is 27.7 Å². The average molecular weight is 284 g/mol. The van der Waals surface area contributed by atoms with E-state index < -0.39 is 0 Å². The summed E-state index contributed by atoms with van der Waals surface area (Å²) in [6, 6.07) is 6.03. The van der Waals surface area contributed by atoms with Gasteiger partial charge in [-0.25, -0.2) is 0 Å². The van der Waals surface area contributed by atoms with Crippen molar-refractivity contribution in [3.8, 4) is 5.75 Å². The Balaban J connectivity index is 2.74. The van der Waals surface area contributed by atoms with Gasteiger partial charge >= 0.3 is 0 Å². The number of ether oxygens (including phenoxy) is 1. The van der Waals surface area contributed by atoms with Crippen molar-refractivity contribution in [2.75, 3.05) is 6.61 Å². The van der Waals surface area contributed by atoms with Gasteiger partial charge in [0.2, 0.25) is 0 Å². The van der Waals surface area contributed by atoms with Crippen LogP contribution in [-0.2, 0) is 6.42 Å². The van der Waals surface area contributed by atoms with Gasteiger partial charge in [0.05, 0.1) is 11.6 Å². The average Bonchev–Trinajstić information content (AvgIpc) is 2.31. The number of nitrogens with two attached hydrogens (primary N) is 1. The first kappa shape index (κ1) is 16.3. The Morgan fingerprint density at radius 2 is 2.00 bits per heavy atom. The molecule has 1 unspecified atom stereocenters. The van der Waals surface area contributed by atoms with Crippen molar-refractivity contribution < 1.29 is 4.74 Å². The van der Waals surface area contributed by atoms with E-state index in [-0.39, 0.29) is 11.5 Å². The second kappa shape index (κ2) is 7.16. The van der Waals surface area contributed by atoms with Crippen LogP contribution in [0.25, 0.3) is 0 Å². The number of benzene rings is 1.